The fraction of sp³-hybridized carbons (Fsp3) is 0.562. The van der Waals surface area contributed by atoms with Crippen LogP contribution in [0.1, 0.15) is 24.8 Å². The zero-order valence-corrected chi connectivity index (χ0v) is 12.5. The third kappa shape index (κ3) is 5.02. The van der Waals surface area contributed by atoms with E-state index in [1.165, 1.54) is 0 Å². The maximum Gasteiger partial charge on any atom is 0.223 e. The van der Waals surface area contributed by atoms with Crippen LogP contribution in [0.25, 0.3) is 0 Å². The number of hydrogen-bond donors (Lipinski definition) is 2. The molecule has 2 rings (SSSR count). The van der Waals surface area contributed by atoms with Crippen LogP contribution in [0.5, 0.6) is 5.75 Å². The summed E-state index contributed by atoms with van der Waals surface area (Å²) in [6.07, 6.45) is 2.64. The van der Waals surface area contributed by atoms with Crippen molar-refractivity contribution in [3.05, 3.63) is 29.8 Å². The Morgan fingerprint density at radius 2 is 2.24 bits per heavy atom. The van der Waals surface area contributed by atoms with Gasteiger partial charge in [-0.25, -0.2) is 0 Å². The molecular weight excluding hydrogens is 268 g/mol. The summed E-state index contributed by atoms with van der Waals surface area (Å²) in [5, 5.41) is 2.98. The minimum Gasteiger partial charge on any atom is -0.491 e. The van der Waals surface area contributed by atoms with Crippen molar-refractivity contribution in [2.45, 2.75) is 31.8 Å². The van der Waals surface area contributed by atoms with Crippen molar-refractivity contribution in [2.24, 2.45) is 11.7 Å². The number of carbonyl (C=O) groups is 1. The van der Waals surface area contributed by atoms with E-state index in [0.717, 1.165) is 30.6 Å². The van der Waals surface area contributed by atoms with Gasteiger partial charge in [0.1, 0.15) is 12.4 Å². The lowest BCUT2D eigenvalue weighted by Crippen LogP contribution is -2.30. The molecular formula is C16H24N2O3. The summed E-state index contributed by atoms with van der Waals surface area (Å²) >= 11 is 0. The van der Waals surface area contributed by atoms with Gasteiger partial charge >= 0.3 is 0 Å². The van der Waals surface area contributed by atoms with E-state index < -0.39 is 0 Å². The van der Waals surface area contributed by atoms with E-state index in [1.54, 1.807) is 7.11 Å². The predicted molar refractivity (Wildman–Crippen MR) is 81.0 cm³/mol. The third-order valence-corrected chi connectivity index (χ3v) is 3.77. The monoisotopic (exact) mass is 292 g/mol. The first-order valence-electron chi connectivity index (χ1n) is 7.43. The predicted octanol–water partition coefficient (Wildman–Crippen LogP) is 1.46. The number of nitrogens with one attached hydrogen (secondary N) is 1. The standard InChI is InChI=1S/C16H24N2O3/c1-20-7-8-21-15-4-2-3-12(9-15)11-18-16(19)13-5-6-14(17)10-13/h2-4,9,13-14H,5-8,10-11,17H2,1H3,(H,18,19). The molecule has 0 bridgehead atoms. The summed E-state index contributed by atoms with van der Waals surface area (Å²) in [5.74, 6) is 0.969. The molecule has 0 spiro atoms. The molecule has 21 heavy (non-hydrogen) atoms. The Bertz CT molecular complexity index is 465. The SMILES string of the molecule is COCCOc1cccc(CNC(=O)C2CCC(N)C2)c1. The molecule has 0 radical (unpaired) electrons. The smallest absolute Gasteiger partial charge is 0.223 e. The maximum atomic E-state index is 12.0. The molecule has 1 saturated carbocycles. The molecule has 0 aliphatic heterocycles. The number of nitrogens with two attached hydrogens (primary N) is 1. The van der Waals surface area contributed by atoms with Crippen molar-refractivity contribution in [2.75, 3.05) is 20.3 Å². The van der Waals surface area contributed by atoms with Crippen LogP contribution in [0.15, 0.2) is 24.3 Å². The van der Waals surface area contributed by atoms with Crippen LogP contribution in [-0.4, -0.2) is 32.3 Å². The number of benzene rings is 1. The molecule has 2 atom stereocenters. The van der Waals surface area contributed by atoms with Crippen LogP contribution in [0.4, 0.5) is 0 Å². The van der Waals surface area contributed by atoms with E-state index in [0.29, 0.717) is 19.8 Å². The Balaban J connectivity index is 1.79. The van der Waals surface area contributed by atoms with Crippen LogP contribution >= 0.6 is 0 Å². The van der Waals surface area contributed by atoms with Crippen LogP contribution in [-0.2, 0) is 16.1 Å². The van der Waals surface area contributed by atoms with Crippen molar-refractivity contribution in [1.82, 2.24) is 5.32 Å². The average Bonchev–Trinajstić information content (AvgIpc) is 2.92. The lowest BCUT2D eigenvalue weighted by molar-refractivity contribution is -0.125. The van der Waals surface area contributed by atoms with Gasteiger partial charge in [-0.05, 0) is 37.0 Å². The van der Waals surface area contributed by atoms with Gasteiger partial charge in [0, 0.05) is 25.6 Å². The Labute approximate surface area is 125 Å². The molecule has 116 valence electrons. The average molecular weight is 292 g/mol. The fourth-order valence-electron chi connectivity index (χ4n) is 2.58. The van der Waals surface area contributed by atoms with Crippen molar-refractivity contribution in [1.29, 1.82) is 0 Å². The number of amides is 1. The lowest BCUT2D eigenvalue weighted by Gasteiger charge is -2.12. The Morgan fingerprint density at radius 3 is 2.95 bits per heavy atom. The first-order chi connectivity index (χ1) is 10.2. The lowest BCUT2D eigenvalue weighted by atomic mass is 10.1. The molecule has 5 heteroatoms. The number of methoxy groups -OCH3 is 1. The van der Waals surface area contributed by atoms with Gasteiger partial charge in [-0.2, -0.15) is 0 Å². The zero-order valence-electron chi connectivity index (χ0n) is 12.5. The fourth-order valence-corrected chi connectivity index (χ4v) is 2.58. The Hall–Kier alpha value is -1.59. The van der Waals surface area contributed by atoms with Crippen LogP contribution in [0.3, 0.4) is 0 Å². The summed E-state index contributed by atoms with van der Waals surface area (Å²) in [5.41, 5.74) is 6.87. The van der Waals surface area contributed by atoms with Gasteiger partial charge in [0.15, 0.2) is 0 Å². The van der Waals surface area contributed by atoms with Crippen LogP contribution in [0.2, 0.25) is 0 Å². The van der Waals surface area contributed by atoms with Crippen LogP contribution in [0, 0.1) is 5.92 Å². The van der Waals surface area contributed by atoms with Gasteiger partial charge in [-0.1, -0.05) is 12.1 Å². The molecule has 1 amide bonds. The molecule has 0 heterocycles. The van der Waals surface area contributed by atoms with E-state index in [2.05, 4.69) is 5.32 Å². The van der Waals surface area contributed by atoms with Gasteiger partial charge in [0.25, 0.3) is 0 Å². The molecule has 1 aromatic carbocycles. The number of carbonyl (C=O) groups excluding carboxylic acids is 1. The number of ether oxygens (including phenoxy) is 2. The molecule has 3 N–H and O–H groups in total. The van der Waals surface area contributed by atoms with Crippen LogP contribution < -0.4 is 15.8 Å². The molecule has 0 aromatic heterocycles. The highest BCUT2D eigenvalue weighted by atomic mass is 16.5. The van der Waals surface area contributed by atoms with Gasteiger partial charge in [0.05, 0.1) is 6.61 Å². The molecule has 5 nitrogen and oxygen atoms in total. The minimum absolute atomic E-state index is 0.0705. The highest BCUT2D eigenvalue weighted by molar-refractivity contribution is 5.79. The normalized spacial score (nSPS) is 21.2. The minimum atomic E-state index is 0.0705. The van der Waals surface area contributed by atoms with E-state index in [1.807, 2.05) is 24.3 Å². The second-order valence-electron chi connectivity index (χ2n) is 5.48. The third-order valence-electron chi connectivity index (χ3n) is 3.77. The summed E-state index contributed by atoms with van der Waals surface area (Å²) < 4.78 is 10.5. The second kappa shape index (κ2) is 8.00. The topological polar surface area (TPSA) is 73.6 Å². The first kappa shape index (κ1) is 15.8. The van der Waals surface area contributed by atoms with E-state index in [9.17, 15) is 4.79 Å². The highest BCUT2D eigenvalue weighted by Crippen LogP contribution is 2.24. The van der Waals surface area contributed by atoms with Gasteiger partial charge in [-0.3, -0.25) is 4.79 Å². The highest BCUT2D eigenvalue weighted by Gasteiger charge is 2.27. The Kier molecular flexibility index (Phi) is 6.02. The summed E-state index contributed by atoms with van der Waals surface area (Å²) in [4.78, 5) is 12.0. The van der Waals surface area contributed by atoms with E-state index in [-0.39, 0.29) is 17.9 Å². The molecule has 1 fully saturated rings. The first-order valence-corrected chi connectivity index (χ1v) is 7.43. The molecule has 1 aliphatic carbocycles. The van der Waals surface area contributed by atoms with E-state index in [4.69, 9.17) is 15.2 Å². The van der Waals surface area contributed by atoms with Crippen molar-refractivity contribution in [3.8, 4) is 5.75 Å². The maximum absolute atomic E-state index is 12.0. The number of hydrogen-bond acceptors (Lipinski definition) is 4. The zero-order chi connectivity index (χ0) is 15.1. The van der Waals surface area contributed by atoms with Crippen molar-refractivity contribution in [3.63, 3.8) is 0 Å². The Morgan fingerprint density at radius 1 is 1.38 bits per heavy atom. The van der Waals surface area contributed by atoms with Gasteiger partial charge in [0.2, 0.25) is 5.91 Å². The quantitative estimate of drug-likeness (QED) is 0.746. The largest absolute Gasteiger partial charge is 0.491 e. The summed E-state index contributed by atoms with van der Waals surface area (Å²) in [6.45, 7) is 1.60. The molecule has 0 saturated heterocycles. The number of rotatable bonds is 7. The van der Waals surface area contributed by atoms with Gasteiger partial charge < -0.3 is 20.5 Å². The van der Waals surface area contributed by atoms with E-state index >= 15 is 0 Å². The molecule has 1 aromatic rings. The summed E-state index contributed by atoms with van der Waals surface area (Å²) in [7, 11) is 1.64. The van der Waals surface area contributed by atoms with Crippen molar-refractivity contribution >= 4 is 5.91 Å². The summed E-state index contributed by atoms with van der Waals surface area (Å²) in [6, 6.07) is 7.92. The molecule has 1 aliphatic rings. The van der Waals surface area contributed by atoms with Gasteiger partial charge in [-0.15, -0.1) is 0 Å². The van der Waals surface area contributed by atoms with Crippen molar-refractivity contribution < 1.29 is 14.3 Å². The second-order valence-corrected chi connectivity index (χ2v) is 5.48. The molecule has 2 unspecified atom stereocenters.